The molecule has 9 heteroatoms. The van der Waals surface area contributed by atoms with E-state index in [0.29, 0.717) is 51.0 Å². The molecule has 0 spiro atoms. The van der Waals surface area contributed by atoms with E-state index >= 15 is 0 Å². The molecule has 1 amide bonds. The zero-order valence-electron chi connectivity index (χ0n) is 22.5. The quantitative estimate of drug-likeness (QED) is 0.358. The monoisotopic (exact) mass is 544 g/mol. The number of halogens is 2. The Morgan fingerprint density at radius 3 is 2.50 bits per heavy atom. The fourth-order valence-corrected chi connectivity index (χ4v) is 4.67. The van der Waals surface area contributed by atoms with Crippen LogP contribution in [0.15, 0.2) is 48.7 Å². The smallest absolute Gasteiger partial charge is 0.410 e. The van der Waals surface area contributed by atoms with Gasteiger partial charge in [0.2, 0.25) is 0 Å². The van der Waals surface area contributed by atoms with Gasteiger partial charge in [-0.2, -0.15) is 0 Å². The molecule has 1 aromatic heterocycles. The van der Waals surface area contributed by atoms with Crippen LogP contribution in [0.1, 0.15) is 31.9 Å². The van der Waals surface area contributed by atoms with Crippen LogP contribution in [-0.4, -0.2) is 78.5 Å². The molecule has 38 heavy (non-hydrogen) atoms. The van der Waals surface area contributed by atoms with Crippen LogP contribution >= 0.6 is 11.6 Å². The highest BCUT2D eigenvalue weighted by Crippen LogP contribution is 2.23. The number of carbonyl (C=O) groups excluding carboxylic acids is 1. The lowest BCUT2D eigenvalue weighted by Crippen LogP contribution is -2.50. The number of amides is 1. The first-order valence-electron chi connectivity index (χ1n) is 13.2. The summed E-state index contributed by atoms with van der Waals surface area (Å²) in [7, 11) is 0. The van der Waals surface area contributed by atoms with Gasteiger partial charge in [0, 0.05) is 69.0 Å². The second-order valence-electron chi connectivity index (χ2n) is 10.7. The van der Waals surface area contributed by atoms with Crippen molar-refractivity contribution in [2.75, 3.05) is 52.5 Å². The van der Waals surface area contributed by atoms with E-state index in [9.17, 15) is 9.18 Å². The third kappa shape index (κ3) is 8.17. The minimum Gasteiger partial charge on any atom is -0.444 e. The molecule has 2 aromatic carbocycles. The van der Waals surface area contributed by atoms with Crippen molar-refractivity contribution in [2.24, 2.45) is 0 Å². The Kier molecular flexibility index (Phi) is 9.65. The van der Waals surface area contributed by atoms with Gasteiger partial charge in [-0.15, -0.1) is 0 Å². The predicted octanol–water partition coefficient (Wildman–Crippen LogP) is 5.14. The Hall–Kier alpha value is -2.65. The van der Waals surface area contributed by atoms with Crippen LogP contribution < -0.4 is 5.32 Å². The first-order valence-corrected chi connectivity index (χ1v) is 13.6. The van der Waals surface area contributed by atoms with Crippen molar-refractivity contribution >= 4 is 28.6 Å². The molecule has 2 heterocycles. The molecule has 1 aliphatic rings. The van der Waals surface area contributed by atoms with Crippen LogP contribution in [0.25, 0.3) is 10.9 Å². The maximum atomic E-state index is 14.4. The Morgan fingerprint density at radius 2 is 1.79 bits per heavy atom. The van der Waals surface area contributed by atoms with Gasteiger partial charge < -0.3 is 24.3 Å². The molecule has 4 rings (SSSR count). The Morgan fingerprint density at radius 1 is 1.05 bits per heavy atom. The average Bonchev–Trinajstić information content (AvgIpc) is 3.26. The molecular weight excluding hydrogens is 507 g/mol. The van der Waals surface area contributed by atoms with Crippen LogP contribution in [0.3, 0.4) is 0 Å². The molecule has 206 valence electrons. The molecular formula is C29H38ClFN4O3. The first-order chi connectivity index (χ1) is 18.2. The van der Waals surface area contributed by atoms with Gasteiger partial charge in [-0.3, -0.25) is 4.90 Å². The van der Waals surface area contributed by atoms with Gasteiger partial charge in [-0.1, -0.05) is 23.7 Å². The number of ether oxygens (including phenoxy) is 2. The maximum Gasteiger partial charge on any atom is 0.410 e. The number of nitrogens with one attached hydrogen (secondary N) is 1. The molecule has 7 nitrogen and oxygen atoms in total. The van der Waals surface area contributed by atoms with E-state index in [1.54, 1.807) is 17.0 Å². The molecule has 1 fully saturated rings. The molecule has 0 radical (unpaired) electrons. The van der Waals surface area contributed by atoms with Crippen molar-refractivity contribution in [3.8, 4) is 0 Å². The van der Waals surface area contributed by atoms with Crippen LogP contribution in [-0.2, 0) is 22.6 Å². The lowest BCUT2D eigenvalue weighted by Gasteiger charge is -2.35. The van der Waals surface area contributed by atoms with E-state index in [1.165, 1.54) is 0 Å². The fraction of sp³-hybridized carbons (Fsp3) is 0.483. The van der Waals surface area contributed by atoms with Crippen molar-refractivity contribution in [1.82, 2.24) is 19.7 Å². The number of aromatic nitrogens is 1. The fourth-order valence-electron chi connectivity index (χ4n) is 4.55. The van der Waals surface area contributed by atoms with Crippen molar-refractivity contribution in [1.29, 1.82) is 0 Å². The number of carbonyl (C=O) groups is 1. The lowest BCUT2D eigenvalue weighted by atomic mass is 10.1. The van der Waals surface area contributed by atoms with Crippen molar-refractivity contribution in [3.05, 3.63) is 70.6 Å². The largest absolute Gasteiger partial charge is 0.444 e. The molecule has 1 aliphatic heterocycles. The standard InChI is InChI=1S/C29H38ClFN4O3/c1-29(2,3)38-28(36)34-13-11-33(12-14-34)15-17-37-16-9-32-20-23-18-25(31)19-27-26(23)8-10-35(27)21-22-4-6-24(30)7-5-22/h4-8,10,18-19,32H,9,11-17,20-21H2,1-3H3. The predicted molar refractivity (Wildman–Crippen MR) is 149 cm³/mol. The van der Waals surface area contributed by atoms with E-state index in [-0.39, 0.29) is 11.9 Å². The van der Waals surface area contributed by atoms with E-state index in [0.717, 1.165) is 41.7 Å². The number of hydrogen-bond donors (Lipinski definition) is 1. The number of rotatable bonds is 10. The van der Waals surface area contributed by atoms with Gasteiger partial charge >= 0.3 is 6.09 Å². The number of fused-ring (bicyclic) bond motifs is 1. The van der Waals surface area contributed by atoms with E-state index in [1.807, 2.05) is 57.3 Å². The summed E-state index contributed by atoms with van der Waals surface area (Å²) in [4.78, 5) is 16.3. The normalized spacial score (nSPS) is 14.8. The van der Waals surface area contributed by atoms with Crippen LogP contribution in [0.2, 0.25) is 5.02 Å². The highest BCUT2D eigenvalue weighted by atomic mass is 35.5. The molecule has 0 bridgehead atoms. The summed E-state index contributed by atoms with van der Waals surface area (Å²) in [5, 5.41) is 5.12. The van der Waals surface area contributed by atoms with Gasteiger partial charge in [-0.05, 0) is 62.2 Å². The second kappa shape index (κ2) is 12.9. The molecule has 0 unspecified atom stereocenters. The Bertz CT molecular complexity index is 1200. The van der Waals surface area contributed by atoms with E-state index in [2.05, 4.69) is 14.8 Å². The Labute approximate surface area is 229 Å². The number of benzene rings is 2. The summed E-state index contributed by atoms with van der Waals surface area (Å²) >= 11 is 5.99. The Balaban J connectivity index is 1.16. The first kappa shape index (κ1) is 28.4. The minimum absolute atomic E-state index is 0.242. The maximum absolute atomic E-state index is 14.4. The van der Waals surface area contributed by atoms with Crippen molar-refractivity contribution in [3.63, 3.8) is 0 Å². The lowest BCUT2D eigenvalue weighted by molar-refractivity contribution is 0.0116. The number of hydrogen-bond acceptors (Lipinski definition) is 5. The molecule has 0 atom stereocenters. The summed E-state index contributed by atoms with van der Waals surface area (Å²) in [6.45, 7) is 12.5. The summed E-state index contributed by atoms with van der Waals surface area (Å²) < 4.78 is 27.7. The van der Waals surface area contributed by atoms with Crippen LogP contribution in [0, 0.1) is 5.82 Å². The topological polar surface area (TPSA) is 59.0 Å². The van der Waals surface area contributed by atoms with Crippen molar-refractivity contribution in [2.45, 2.75) is 39.5 Å². The average molecular weight is 545 g/mol. The minimum atomic E-state index is -0.472. The molecule has 1 N–H and O–H groups in total. The van der Waals surface area contributed by atoms with E-state index in [4.69, 9.17) is 21.1 Å². The number of piperazine rings is 1. The molecule has 1 saturated heterocycles. The van der Waals surface area contributed by atoms with Gasteiger partial charge in [0.1, 0.15) is 11.4 Å². The molecule has 3 aromatic rings. The molecule has 0 aliphatic carbocycles. The highest BCUT2D eigenvalue weighted by Gasteiger charge is 2.25. The highest BCUT2D eigenvalue weighted by molar-refractivity contribution is 6.30. The summed E-state index contributed by atoms with van der Waals surface area (Å²) in [5.74, 6) is -0.242. The van der Waals surface area contributed by atoms with Crippen LogP contribution in [0.5, 0.6) is 0 Å². The molecule has 0 saturated carbocycles. The number of nitrogens with zero attached hydrogens (tertiary/aromatic N) is 3. The summed E-state index contributed by atoms with van der Waals surface area (Å²) in [6, 6.07) is 12.9. The van der Waals surface area contributed by atoms with Gasteiger partial charge in [-0.25, -0.2) is 9.18 Å². The third-order valence-electron chi connectivity index (χ3n) is 6.52. The SMILES string of the molecule is CC(C)(C)OC(=O)N1CCN(CCOCCNCc2cc(F)cc3c2ccn3Cc2ccc(Cl)cc2)CC1. The third-order valence-corrected chi connectivity index (χ3v) is 6.77. The zero-order valence-corrected chi connectivity index (χ0v) is 23.3. The van der Waals surface area contributed by atoms with Crippen molar-refractivity contribution < 1.29 is 18.7 Å². The van der Waals surface area contributed by atoms with Crippen LogP contribution in [0.4, 0.5) is 9.18 Å². The summed E-state index contributed by atoms with van der Waals surface area (Å²) in [5.41, 5.74) is 2.44. The van der Waals surface area contributed by atoms with E-state index < -0.39 is 5.60 Å². The van der Waals surface area contributed by atoms with Gasteiger partial charge in [0.25, 0.3) is 0 Å². The second-order valence-corrected chi connectivity index (χ2v) is 11.1. The summed E-state index contributed by atoms with van der Waals surface area (Å²) in [6.07, 6.45) is 1.76. The zero-order chi connectivity index (χ0) is 27.1. The van der Waals surface area contributed by atoms with Gasteiger partial charge in [0.15, 0.2) is 0 Å². The van der Waals surface area contributed by atoms with Gasteiger partial charge in [0.05, 0.1) is 18.7 Å².